The Kier molecular flexibility index (Phi) is 3.85. The fraction of sp³-hybridized carbons (Fsp3) is 0.188. The maximum absolute atomic E-state index is 7.53. The van der Waals surface area contributed by atoms with E-state index >= 15 is 0 Å². The van der Waals surface area contributed by atoms with E-state index in [1.54, 1.807) is 6.07 Å². The molecule has 2 aromatic carbocycles. The van der Waals surface area contributed by atoms with Crippen molar-refractivity contribution in [3.63, 3.8) is 0 Å². The SMILES string of the molecule is Cc1ccc(C)c(COc2ccccc2C(=N)N)c1. The summed E-state index contributed by atoms with van der Waals surface area (Å²) in [5.41, 5.74) is 9.74. The molecule has 0 heterocycles. The monoisotopic (exact) mass is 254 g/mol. The van der Waals surface area contributed by atoms with Crippen molar-refractivity contribution < 1.29 is 4.74 Å². The van der Waals surface area contributed by atoms with Crippen molar-refractivity contribution >= 4 is 5.84 Å². The summed E-state index contributed by atoms with van der Waals surface area (Å²) < 4.78 is 5.80. The van der Waals surface area contributed by atoms with Gasteiger partial charge in [-0.05, 0) is 37.1 Å². The van der Waals surface area contributed by atoms with Crippen molar-refractivity contribution in [3.05, 3.63) is 64.7 Å². The molecule has 0 spiro atoms. The van der Waals surface area contributed by atoms with Gasteiger partial charge in [-0.1, -0.05) is 35.9 Å². The number of hydrogen-bond acceptors (Lipinski definition) is 2. The molecule has 0 aliphatic heterocycles. The molecule has 0 fully saturated rings. The fourth-order valence-corrected chi connectivity index (χ4v) is 1.93. The number of aryl methyl sites for hydroxylation is 2. The lowest BCUT2D eigenvalue weighted by molar-refractivity contribution is 0.304. The van der Waals surface area contributed by atoms with E-state index in [0.29, 0.717) is 17.9 Å². The van der Waals surface area contributed by atoms with E-state index in [9.17, 15) is 0 Å². The minimum atomic E-state index is 0.0246. The highest BCUT2D eigenvalue weighted by Gasteiger charge is 2.06. The minimum Gasteiger partial charge on any atom is -0.488 e. The first-order valence-corrected chi connectivity index (χ1v) is 6.20. The van der Waals surface area contributed by atoms with Crippen LogP contribution in [0, 0.1) is 19.3 Å². The summed E-state index contributed by atoms with van der Waals surface area (Å²) in [6.45, 7) is 4.61. The van der Waals surface area contributed by atoms with Gasteiger partial charge in [-0.15, -0.1) is 0 Å². The van der Waals surface area contributed by atoms with Gasteiger partial charge in [-0.2, -0.15) is 0 Å². The third-order valence-corrected chi connectivity index (χ3v) is 3.07. The molecule has 0 aromatic heterocycles. The predicted molar refractivity (Wildman–Crippen MR) is 77.7 cm³/mol. The standard InChI is InChI=1S/C16H18N2O/c1-11-7-8-12(2)13(9-11)10-19-15-6-4-3-5-14(15)16(17)18/h3-9H,10H2,1-2H3,(H3,17,18). The smallest absolute Gasteiger partial charge is 0.130 e. The molecule has 19 heavy (non-hydrogen) atoms. The molecule has 0 saturated heterocycles. The molecular weight excluding hydrogens is 236 g/mol. The van der Waals surface area contributed by atoms with Crippen LogP contribution in [0.25, 0.3) is 0 Å². The van der Waals surface area contributed by atoms with Gasteiger partial charge in [0.15, 0.2) is 0 Å². The lowest BCUT2D eigenvalue weighted by atomic mass is 10.1. The molecule has 0 unspecified atom stereocenters. The summed E-state index contributed by atoms with van der Waals surface area (Å²) >= 11 is 0. The maximum Gasteiger partial charge on any atom is 0.130 e. The second-order valence-corrected chi connectivity index (χ2v) is 4.63. The Bertz CT molecular complexity index is 605. The van der Waals surface area contributed by atoms with E-state index in [-0.39, 0.29) is 5.84 Å². The second-order valence-electron chi connectivity index (χ2n) is 4.63. The summed E-state index contributed by atoms with van der Waals surface area (Å²) in [7, 11) is 0. The predicted octanol–water partition coefficient (Wildman–Crippen LogP) is 3.17. The molecule has 2 aromatic rings. The zero-order valence-electron chi connectivity index (χ0n) is 11.2. The van der Waals surface area contributed by atoms with Crippen LogP contribution in [0.4, 0.5) is 0 Å². The van der Waals surface area contributed by atoms with Gasteiger partial charge in [0.2, 0.25) is 0 Å². The van der Waals surface area contributed by atoms with Crippen molar-refractivity contribution in [2.75, 3.05) is 0 Å². The topological polar surface area (TPSA) is 59.1 Å². The lowest BCUT2D eigenvalue weighted by Gasteiger charge is -2.12. The number of rotatable bonds is 4. The lowest BCUT2D eigenvalue weighted by Crippen LogP contribution is -2.13. The van der Waals surface area contributed by atoms with Gasteiger partial charge in [0, 0.05) is 0 Å². The van der Waals surface area contributed by atoms with Crippen LogP contribution in [-0.4, -0.2) is 5.84 Å². The van der Waals surface area contributed by atoms with Crippen LogP contribution in [0.3, 0.4) is 0 Å². The average Bonchev–Trinajstić information content (AvgIpc) is 2.40. The van der Waals surface area contributed by atoms with Crippen molar-refractivity contribution in [2.24, 2.45) is 5.73 Å². The number of ether oxygens (including phenoxy) is 1. The van der Waals surface area contributed by atoms with Gasteiger partial charge in [0.05, 0.1) is 5.56 Å². The second kappa shape index (κ2) is 5.57. The maximum atomic E-state index is 7.53. The van der Waals surface area contributed by atoms with Gasteiger partial charge in [0.25, 0.3) is 0 Å². The van der Waals surface area contributed by atoms with Gasteiger partial charge in [-0.3, -0.25) is 5.41 Å². The number of nitrogen functional groups attached to an aromatic ring is 1. The van der Waals surface area contributed by atoms with E-state index in [1.165, 1.54) is 11.1 Å². The normalized spacial score (nSPS) is 10.2. The molecule has 0 aliphatic rings. The van der Waals surface area contributed by atoms with E-state index in [0.717, 1.165) is 5.56 Å². The van der Waals surface area contributed by atoms with E-state index in [2.05, 4.69) is 32.0 Å². The average molecular weight is 254 g/mol. The summed E-state index contributed by atoms with van der Waals surface area (Å²) in [6, 6.07) is 13.6. The van der Waals surface area contributed by atoms with Crippen molar-refractivity contribution in [2.45, 2.75) is 20.5 Å². The highest BCUT2D eigenvalue weighted by molar-refractivity contribution is 5.97. The molecule has 98 valence electrons. The minimum absolute atomic E-state index is 0.0246. The van der Waals surface area contributed by atoms with Crippen LogP contribution in [0.1, 0.15) is 22.3 Å². The fourth-order valence-electron chi connectivity index (χ4n) is 1.93. The van der Waals surface area contributed by atoms with Crippen LogP contribution in [0.5, 0.6) is 5.75 Å². The van der Waals surface area contributed by atoms with Crippen LogP contribution < -0.4 is 10.5 Å². The molecule has 0 saturated carbocycles. The van der Waals surface area contributed by atoms with Crippen LogP contribution >= 0.6 is 0 Å². The molecule has 3 heteroatoms. The Morgan fingerprint density at radius 2 is 1.89 bits per heavy atom. The van der Waals surface area contributed by atoms with Gasteiger partial charge < -0.3 is 10.5 Å². The Balaban J connectivity index is 2.19. The van der Waals surface area contributed by atoms with Crippen LogP contribution in [0.2, 0.25) is 0 Å². The summed E-state index contributed by atoms with van der Waals surface area (Å²) in [4.78, 5) is 0. The molecule has 0 aliphatic carbocycles. The van der Waals surface area contributed by atoms with Gasteiger partial charge in [-0.25, -0.2) is 0 Å². The third-order valence-electron chi connectivity index (χ3n) is 3.07. The van der Waals surface area contributed by atoms with Gasteiger partial charge in [0.1, 0.15) is 18.2 Å². The molecule has 0 amide bonds. The molecule has 0 radical (unpaired) electrons. The molecule has 3 N–H and O–H groups in total. The van der Waals surface area contributed by atoms with Crippen molar-refractivity contribution in [1.82, 2.24) is 0 Å². The van der Waals surface area contributed by atoms with Crippen LogP contribution in [-0.2, 0) is 6.61 Å². The Labute approximate surface area is 113 Å². The molecular formula is C16H18N2O. The van der Waals surface area contributed by atoms with Crippen LogP contribution in [0.15, 0.2) is 42.5 Å². The highest BCUT2D eigenvalue weighted by Crippen LogP contribution is 2.20. The number of amidine groups is 1. The zero-order valence-corrected chi connectivity index (χ0v) is 11.2. The first-order valence-electron chi connectivity index (χ1n) is 6.20. The Morgan fingerprint density at radius 1 is 1.16 bits per heavy atom. The number of benzene rings is 2. The number of nitrogens with one attached hydrogen (secondary N) is 1. The van der Waals surface area contributed by atoms with E-state index in [1.807, 2.05) is 18.2 Å². The Morgan fingerprint density at radius 3 is 2.63 bits per heavy atom. The first-order chi connectivity index (χ1) is 9.08. The zero-order chi connectivity index (χ0) is 13.8. The summed E-state index contributed by atoms with van der Waals surface area (Å²) in [6.07, 6.45) is 0. The van der Waals surface area contributed by atoms with Gasteiger partial charge >= 0.3 is 0 Å². The highest BCUT2D eigenvalue weighted by atomic mass is 16.5. The molecule has 3 nitrogen and oxygen atoms in total. The van der Waals surface area contributed by atoms with E-state index in [4.69, 9.17) is 15.9 Å². The first kappa shape index (κ1) is 13.1. The van der Waals surface area contributed by atoms with E-state index < -0.39 is 0 Å². The molecule has 0 atom stereocenters. The number of para-hydroxylation sites is 1. The van der Waals surface area contributed by atoms with Crippen molar-refractivity contribution in [3.8, 4) is 5.75 Å². The van der Waals surface area contributed by atoms with Crippen molar-refractivity contribution in [1.29, 1.82) is 5.41 Å². The summed E-state index contributed by atoms with van der Waals surface area (Å²) in [5, 5.41) is 7.53. The largest absolute Gasteiger partial charge is 0.488 e. The Hall–Kier alpha value is -2.29. The summed E-state index contributed by atoms with van der Waals surface area (Å²) in [5.74, 6) is 0.674. The third kappa shape index (κ3) is 3.13. The number of nitrogens with two attached hydrogens (primary N) is 1. The molecule has 2 rings (SSSR count). The number of hydrogen-bond donors (Lipinski definition) is 2. The quantitative estimate of drug-likeness (QED) is 0.650. The molecule has 0 bridgehead atoms.